The van der Waals surface area contributed by atoms with E-state index in [1.807, 2.05) is 0 Å². The van der Waals surface area contributed by atoms with Crippen molar-refractivity contribution < 1.29 is 19.4 Å². The third-order valence-corrected chi connectivity index (χ3v) is 3.86. The van der Waals surface area contributed by atoms with Gasteiger partial charge in [-0.2, -0.15) is 5.21 Å². The normalized spacial score (nSPS) is 13.4. The van der Waals surface area contributed by atoms with Gasteiger partial charge in [0.2, 0.25) is 5.82 Å². The highest BCUT2D eigenvalue weighted by Gasteiger charge is 2.28. The number of rotatable bonds is 2. The lowest BCUT2D eigenvalue weighted by atomic mass is 10.1. The number of hydrogen-bond donors (Lipinski definition) is 3. The summed E-state index contributed by atoms with van der Waals surface area (Å²) >= 11 is 1.26. The lowest BCUT2D eigenvalue weighted by molar-refractivity contribution is -0.147. The van der Waals surface area contributed by atoms with Crippen molar-refractivity contribution in [2.45, 2.75) is 12.8 Å². The largest absolute Gasteiger partial charge is 0.492 e. The van der Waals surface area contributed by atoms with Gasteiger partial charge in [-0.1, -0.05) is 0 Å². The minimum atomic E-state index is -1.56. The Bertz CT molecular complexity index is 665. The van der Waals surface area contributed by atoms with Gasteiger partial charge in [0.1, 0.15) is 16.3 Å². The molecule has 0 saturated carbocycles. The molecule has 0 atom stereocenters. The molecule has 0 fully saturated rings. The average molecular weight is 295 g/mol. The van der Waals surface area contributed by atoms with Crippen LogP contribution in [0.4, 0.5) is 5.00 Å². The van der Waals surface area contributed by atoms with Crippen LogP contribution in [0, 0.1) is 0 Å². The molecule has 2 aromatic heterocycles. The average Bonchev–Trinajstić information content (AvgIpc) is 3.04. The predicted octanol–water partition coefficient (Wildman–Crippen LogP) is 0.276. The van der Waals surface area contributed by atoms with E-state index in [4.69, 9.17) is 9.84 Å². The van der Waals surface area contributed by atoms with Crippen molar-refractivity contribution in [3.8, 4) is 17.1 Å². The van der Waals surface area contributed by atoms with E-state index in [0.29, 0.717) is 22.9 Å². The van der Waals surface area contributed by atoms with Crippen LogP contribution < -0.4 is 10.1 Å². The molecular formula is C10H9N5O4S. The summed E-state index contributed by atoms with van der Waals surface area (Å²) in [6.45, 7) is 0.556. The number of aliphatic carboxylic acids is 1. The summed E-state index contributed by atoms with van der Waals surface area (Å²) < 4.78 is 5.59. The van der Waals surface area contributed by atoms with Gasteiger partial charge in [0.15, 0.2) is 0 Å². The molecule has 0 aromatic carbocycles. The summed E-state index contributed by atoms with van der Waals surface area (Å²) in [4.78, 5) is 22.9. The molecule has 0 saturated heterocycles. The first kappa shape index (κ1) is 12.5. The van der Waals surface area contributed by atoms with Crippen molar-refractivity contribution in [2.75, 3.05) is 11.9 Å². The van der Waals surface area contributed by atoms with Crippen molar-refractivity contribution in [3.63, 3.8) is 0 Å². The first-order valence-corrected chi connectivity index (χ1v) is 6.55. The van der Waals surface area contributed by atoms with Gasteiger partial charge in [-0.05, 0) is 18.1 Å². The van der Waals surface area contributed by atoms with Crippen molar-refractivity contribution in [3.05, 3.63) is 4.88 Å². The Morgan fingerprint density at radius 2 is 2.30 bits per heavy atom. The zero-order valence-corrected chi connectivity index (χ0v) is 10.9. The molecule has 1 aliphatic rings. The molecule has 9 nitrogen and oxygen atoms in total. The fraction of sp³-hybridized carbons (Fsp3) is 0.300. The van der Waals surface area contributed by atoms with Gasteiger partial charge in [0.05, 0.1) is 6.61 Å². The minimum absolute atomic E-state index is 0.255. The molecule has 3 N–H and O–H groups in total. The summed E-state index contributed by atoms with van der Waals surface area (Å²) in [5.41, 5.74) is 0.466. The lowest BCUT2D eigenvalue weighted by Crippen LogP contribution is -2.21. The Kier molecular flexibility index (Phi) is 3.06. The zero-order valence-electron chi connectivity index (χ0n) is 10.0. The van der Waals surface area contributed by atoms with Crippen molar-refractivity contribution in [2.24, 2.45) is 0 Å². The number of aromatic amines is 1. The first-order valence-electron chi connectivity index (χ1n) is 5.73. The number of aromatic nitrogens is 4. The number of amides is 1. The molecule has 1 aliphatic heterocycles. The lowest BCUT2D eigenvalue weighted by Gasteiger charge is -2.13. The number of aryl methyl sites for hydroxylation is 1. The van der Waals surface area contributed by atoms with E-state index in [1.54, 1.807) is 0 Å². The molecule has 2 aromatic rings. The van der Waals surface area contributed by atoms with Gasteiger partial charge >= 0.3 is 11.9 Å². The molecule has 10 heteroatoms. The van der Waals surface area contributed by atoms with Crippen LogP contribution in [0.3, 0.4) is 0 Å². The number of H-pyrrole nitrogens is 1. The van der Waals surface area contributed by atoms with Gasteiger partial charge in [-0.3, -0.25) is 4.79 Å². The number of ether oxygens (including phenoxy) is 1. The van der Waals surface area contributed by atoms with Gasteiger partial charge in [-0.15, -0.1) is 21.5 Å². The third-order valence-electron chi connectivity index (χ3n) is 2.72. The number of thiophene rings is 1. The second-order valence-electron chi connectivity index (χ2n) is 4.01. The fourth-order valence-corrected chi connectivity index (χ4v) is 3.08. The highest BCUT2D eigenvalue weighted by atomic mass is 32.1. The van der Waals surface area contributed by atoms with E-state index < -0.39 is 11.9 Å². The first-order chi connectivity index (χ1) is 9.66. The Labute approximate surface area is 116 Å². The number of carbonyl (C=O) groups is 2. The van der Waals surface area contributed by atoms with E-state index in [9.17, 15) is 9.59 Å². The summed E-state index contributed by atoms with van der Waals surface area (Å²) in [6, 6.07) is 0. The SMILES string of the molecule is O=C(O)C(=O)Nc1sc2c(c1-c1nn[nH]n1)OCCC2. The minimum Gasteiger partial charge on any atom is -0.492 e. The Morgan fingerprint density at radius 3 is 3.00 bits per heavy atom. The van der Waals surface area contributed by atoms with Crippen LogP contribution in [0.2, 0.25) is 0 Å². The van der Waals surface area contributed by atoms with E-state index >= 15 is 0 Å². The van der Waals surface area contributed by atoms with E-state index in [1.165, 1.54) is 11.3 Å². The Balaban J connectivity index is 2.06. The fourth-order valence-electron chi connectivity index (χ4n) is 1.90. The maximum absolute atomic E-state index is 11.3. The smallest absolute Gasteiger partial charge is 0.394 e. The summed E-state index contributed by atoms with van der Waals surface area (Å²) in [6.07, 6.45) is 1.67. The number of fused-ring (bicyclic) bond motifs is 1. The topological polar surface area (TPSA) is 130 Å². The van der Waals surface area contributed by atoms with Gasteiger partial charge in [0, 0.05) is 4.88 Å². The quantitative estimate of drug-likeness (QED) is 0.678. The molecule has 3 rings (SSSR count). The number of carboxylic acid groups (broad SMARTS) is 1. The van der Waals surface area contributed by atoms with Gasteiger partial charge < -0.3 is 15.2 Å². The molecule has 1 amide bonds. The molecular weight excluding hydrogens is 286 g/mol. The number of tetrazole rings is 1. The van der Waals surface area contributed by atoms with Crippen LogP contribution in [0.25, 0.3) is 11.4 Å². The van der Waals surface area contributed by atoms with Gasteiger partial charge in [-0.25, -0.2) is 4.79 Å². The van der Waals surface area contributed by atoms with Crippen LogP contribution in [0.15, 0.2) is 0 Å². The van der Waals surface area contributed by atoms with E-state index in [0.717, 1.165) is 17.7 Å². The number of carboxylic acids is 1. The number of nitrogens with one attached hydrogen (secondary N) is 2. The van der Waals surface area contributed by atoms with Crippen molar-refractivity contribution in [1.29, 1.82) is 0 Å². The monoisotopic (exact) mass is 295 g/mol. The molecule has 0 bridgehead atoms. The summed E-state index contributed by atoms with van der Waals surface area (Å²) in [5, 5.41) is 24.9. The number of hydrogen-bond acceptors (Lipinski definition) is 7. The van der Waals surface area contributed by atoms with Crippen LogP contribution in [-0.2, 0) is 16.0 Å². The number of anilines is 1. The maximum Gasteiger partial charge on any atom is 0.394 e. The van der Waals surface area contributed by atoms with E-state index in [2.05, 4.69) is 25.9 Å². The van der Waals surface area contributed by atoms with Crippen molar-refractivity contribution in [1.82, 2.24) is 20.6 Å². The third kappa shape index (κ3) is 2.09. The second kappa shape index (κ2) is 4.89. The van der Waals surface area contributed by atoms with Crippen LogP contribution >= 0.6 is 11.3 Å². The Morgan fingerprint density at radius 1 is 1.45 bits per heavy atom. The number of carbonyl (C=O) groups excluding carboxylic acids is 1. The molecule has 3 heterocycles. The van der Waals surface area contributed by atoms with Crippen LogP contribution in [0.5, 0.6) is 5.75 Å². The second-order valence-corrected chi connectivity index (χ2v) is 5.11. The molecule has 0 unspecified atom stereocenters. The number of nitrogens with zero attached hydrogens (tertiary/aromatic N) is 3. The summed E-state index contributed by atoms with van der Waals surface area (Å²) in [7, 11) is 0. The molecule has 0 aliphatic carbocycles. The molecule has 0 radical (unpaired) electrons. The highest BCUT2D eigenvalue weighted by molar-refractivity contribution is 7.17. The maximum atomic E-state index is 11.3. The standard InChI is InChI=1S/C10H9N5O4S/c16-8(10(17)18)11-9-5(7-12-14-15-13-7)6-4(20-9)2-1-3-19-6/h1-3H2,(H,11,16)(H,17,18)(H,12,13,14,15). The van der Waals surface area contributed by atoms with E-state index in [-0.39, 0.29) is 5.82 Å². The molecule has 20 heavy (non-hydrogen) atoms. The zero-order chi connectivity index (χ0) is 14.1. The molecule has 0 spiro atoms. The molecule has 104 valence electrons. The highest BCUT2D eigenvalue weighted by Crippen LogP contribution is 2.47. The predicted molar refractivity (Wildman–Crippen MR) is 67.6 cm³/mol. The van der Waals surface area contributed by atoms with Gasteiger partial charge in [0.25, 0.3) is 0 Å². The Hall–Kier alpha value is -2.49. The van der Waals surface area contributed by atoms with Crippen LogP contribution in [-0.4, -0.2) is 44.2 Å². The van der Waals surface area contributed by atoms with Crippen molar-refractivity contribution >= 4 is 28.2 Å². The van der Waals surface area contributed by atoms with Crippen LogP contribution in [0.1, 0.15) is 11.3 Å². The summed E-state index contributed by atoms with van der Waals surface area (Å²) in [5.74, 6) is -1.84.